The molecule has 6 aromatic rings. The zero-order valence-corrected chi connectivity index (χ0v) is 69.6. The van der Waals surface area contributed by atoms with E-state index in [0.29, 0.717) is 0 Å². The highest BCUT2D eigenvalue weighted by Gasteiger charge is 2.59. The fourth-order valence-electron chi connectivity index (χ4n) is 18.8. The summed E-state index contributed by atoms with van der Waals surface area (Å²) in [6.07, 6.45) is 89.7. The molecule has 0 saturated heterocycles. The van der Waals surface area contributed by atoms with E-state index in [1.807, 2.05) is 0 Å². The number of nitrogens with one attached hydrogen (secondary N) is 2. The Morgan fingerprint density at radius 2 is 0.543 bits per heavy atom. The zero-order chi connectivity index (χ0) is 73.9. The average molecular weight is 1440 g/mol. The van der Waals surface area contributed by atoms with Crippen molar-refractivity contribution in [2.24, 2.45) is 5.92 Å². The molecular weight excluding hydrogens is 1270 g/mol. The molecule has 0 fully saturated rings. The molecule has 0 aliphatic heterocycles. The van der Waals surface area contributed by atoms with Crippen LogP contribution in [-0.4, -0.2) is 9.97 Å². The molecule has 4 aromatic carbocycles. The fraction of sp³-hybridized carbons (Fsp3) is 0.703. The quantitative estimate of drug-likeness (QED) is 0.0282. The number of H-pyrrole nitrogens is 2. The van der Waals surface area contributed by atoms with E-state index in [2.05, 4.69) is 200 Å². The molecule has 5 unspecified atom stereocenters. The van der Waals surface area contributed by atoms with Crippen LogP contribution in [0.15, 0.2) is 146 Å². The summed E-state index contributed by atoms with van der Waals surface area (Å²) in [4.78, 5) is 8.59. The number of aryl methyl sites for hydroxylation is 2. The van der Waals surface area contributed by atoms with Crippen LogP contribution in [-0.2, 0) is 36.8 Å². The van der Waals surface area contributed by atoms with Gasteiger partial charge in [0.2, 0.25) is 0 Å². The summed E-state index contributed by atoms with van der Waals surface area (Å²) in [5.74, 6) is 3.45. The second kappa shape index (κ2) is 59.2. The second-order valence-corrected chi connectivity index (χ2v) is 33.8. The normalized spacial score (nSPS) is 13.8. The lowest BCUT2D eigenvalue weighted by Gasteiger charge is -2.52. The van der Waals surface area contributed by atoms with Crippen LogP contribution < -0.4 is 9.13 Å². The maximum atomic E-state index is 4.34. The number of hydrogen-bond donors (Lipinski definition) is 2. The minimum Gasteiger partial charge on any atom is -0.247 e. The third kappa shape index (κ3) is 35.7. The van der Waals surface area contributed by atoms with Crippen LogP contribution >= 0.6 is 0 Å². The number of imidazole rings is 2. The van der Waals surface area contributed by atoms with Crippen LogP contribution in [0.5, 0.6) is 0 Å². The summed E-state index contributed by atoms with van der Waals surface area (Å²) in [5, 5.41) is 0. The van der Waals surface area contributed by atoms with E-state index < -0.39 is 5.41 Å². The largest absolute Gasteiger partial charge is 0.258 e. The van der Waals surface area contributed by atoms with Crippen LogP contribution in [0.2, 0.25) is 0 Å². The summed E-state index contributed by atoms with van der Waals surface area (Å²) in [7, 11) is 0. The van der Waals surface area contributed by atoms with Crippen molar-refractivity contribution in [1.82, 2.24) is 9.97 Å². The third-order valence-corrected chi connectivity index (χ3v) is 25.1. The van der Waals surface area contributed by atoms with Crippen molar-refractivity contribution in [3.63, 3.8) is 0 Å². The summed E-state index contributed by atoms with van der Waals surface area (Å²) < 4.78 is 5.57. The van der Waals surface area contributed by atoms with E-state index in [9.17, 15) is 0 Å². The van der Waals surface area contributed by atoms with Crippen molar-refractivity contribution in [3.05, 3.63) is 180 Å². The molecule has 2 N–H and O–H groups in total. The van der Waals surface area contributed by atoms with Gasteiger partial charge in [-0.1, -0.05) is 483 Å². The number of hydrogen-bond acceptors (Lipinski definition) is 0. The molecule has 0 aliphatic carbocycles. The van der Waals surface area contributed by atoms with E-state index in [1.54, 1.807) is 0 Å². The number of aromatic nitrogens is 4. The number of nitrogens with zero attached hydrogens (tertiary/aromatic N) is 2. The minimum atomic E-state index is -0.391. The average Bonchev–Trinajstić information content (AvgIpc) is 1.34. The van der Waals surface area contributed by atoms with Crippen molar-refractivity contribution in [2.45, 2.75) is 449 Å². The van der Waals surface area contributed by atoms with Gasteiger partial charge in [0.25, 0.3) is 11.6 Å². The highest BCUT2D eigenvalue weighted by Crippen LogP contribution is 2.59. The van der Waals surface area contributed by atoms with Gasteiger partial charge in [-0.15, -0.1) is 0 Å². The maximum Gasteiger partial charge on any atom is 0.258 e. The molecule has 2 heterocycles. The van der Waals surface area contributed by atoms with Crippen molar-refractivity contribution in [3.8, 4) is 0 Å². The van der Waals surface area contributed by atoms with Crippen LogP contribution in [0.4, 0.5) is 0 Å². The fourth-order valence-corrected chi connectivity index (χ4v) is 18.8. The predicted molar refractivity (Wildman–Crippen MR) is 459 cm³/mol. The minimum absolute atomic E-state index is 0.0996. The first-order valence-electron chi connectivity index (χ1n) is 46.3. The van der Waals surface area contributed by atoms with Gasteiger partial charge in [-0.25, -0.2) is 19.1 Å². The molecule has 0 bridgehead atoms. The number of rotatable bonds is 71. The predicted octanol–water partition coefficient (Wildman–Crippen LogP) is 31.1. The highest BCUT2D eigenvalue weighted by atomic mass is 15.1. The topological polar surface area (TPSA) is 39.3 Å². The number of unbranched alkanes of at least 4 members (excludes halogenated alkanes) is 51. The lowest BCUT2D eigenvalue weighted by atomic mass is 9.49. The van der Waals surface area contributed by atoms with Gasteiger partial charge in [-0.3, -0.25) is 0 Å². The summed E-state index contributed by atoms with van der Waals surface area (Å²) in [6.45, 7) is 14.2. The van der Waals surface area contributed by atoms with Gasteiger partial charge in [-0.2, -0.15) is 0 Å². The third-order valence-electron chi connectivity index (χ3n) is 25.1. The molecule has 0 spiro atoms. The molecule has 6 rings (SSSR count). The van der Waals surface area contributed by atoms with E-state index in [-0.39, 0.29) is 23.2 Å². The van der Waals surface area contributed by atoms with E-state index >= 15 is 0 Å². The Morgan fingerprint density at radius 1 is 0.276 bits per heavy atom. The smallest absolute Gasteiger partial charge is 0.247 e. The summed E-state index contributed by atoms with van der Waals surface area (Å²) in [5.41, 5.74) is 5.27. The maximum absolute atomic E-state index is 4.34. The Kier molecular flexibility index (Phi) is 50.3. The molecule has 105 heavy (non-hydrogen) atoms. The molecule has 4 nitrogen and oxygen atoms in total. The van der Waals surface area contributed by atoms with E-state index in [0.717, 1.165) is 38.8 Å². The first kappa shape index (κ1) is 89.2. The van der Waals surface area contributed by atoms with Crippen LogP contribution in [0.25, 0.3) is 0 Å². The van der Waals surface area contributed by atoms with Gasteiger partial charge in [0, 0.05) is 10.8 Å². The molecule has 5 atom stereocenters. The molecule has 0 radical (unpaired) electrons. The first-order valence-corrected chi connectivity index (χ1v) is 46.3. The van der Waals surface area contributed by atoms with Crippen molar-refractivity contribution in [2.75, 3.05) is 0 Å². The van der Waals surface area contributed by atoms with Gasteiger partial charge >= 0.3 is 0 Å². The number of aromatic amines is 2. The van der Waals surface area contributed by atoms with Gasteiger partial charge in [0.05, 0.1) is 24.9 Å². The summed E-state index contributed by atoms with van der Waals surface area (Å²) >= 11 is 0. The highest BCUT2D eigenvalue weighted by molar-refractivity contribution is 5.41. The Bertz CT molecular complexity index is 2850. The summed E-state index contributed by atoms with van der Waals surface area (Å²) in [6, 6.07) is 48.3. The lowest BCUT2D eigenvalue weighted by molar-refractivity contribution is -0.707. The SMILES string of the molecule is CCCCCCCCCCCCCCCCCCCC(C(c1[nH]cc[n+]1CCCCCCCCCCCCC)C(Cc1ccccc1)(c1ccccc1)C(CCCCCCCCCCCCCCCCCC)c1[nH]cc[n+]1CCCCCCCCCCCCC)C(C)(Cc1ccccc1)c1ccccc1. The lowest BCUT2D eigenvalue weighted by Crippen LogP contribution is -2.55. The Labute approximate surface area is 650 Å². The monoisotopic (exact) mass is 1440 g/mol. The molecule has 0 saturated carbocycles. The van der Waals surface area contributed by atoms with Crippen LogP contribution in [0, 0.1) is 5.92 Å². The van der Waals surface area contributed by atoms with Crippen LogP contribution in [0.3, 0.4) is 0 Å². The van der Waals surface area contributed by atoms with Gasteiger partial charge < -0.3 is 0 Å². The van der Waals surface area contributed by atoms with Crippen molar-refractivity contribution in [1.29, 1.82) is 0 Å². The van der Waals surface area contributed by atoms with E-state index in [1.165, 1.54) is 387 Å². The van der Waals surface area contributed by atoms with Gasteiger partial charge in [-0.05, 0) is 79.5 Å². The molecule has 4 heteroatoms. The van der Waals surface area contributed by atoms with Gasteiger partial charge in [0.15, 0.2) is 0 Å². The number of benzene rings is 4. The Hall–Kier alpha value is -4.70. The molecule has 588 valence electrons. The zero-order valence-electron chi connectivity index (χ0n) is 69.6. The Balaban J connectivity index is 1.43. The van der Waals surface area contributed by atoms with Crippen molar-refractivity contribution >= 4 is 0 Å². The van der Waals surface area contributed by atoms with Crippen molar-refractivity contribution < 1.29 is 9.13 Å². The molecule has 2 aromatic heterocycles. The second-order valence-electron chi connectivity index (χ2n) is 33.8. The molecular formula is C101H166N4+2. The van der Waals surface area contributed by atoms with E-state index in [4.69, 9.17) is 0 Å². The first-order chi connectivity index (χ1) is 52.0. The Morgan fingerprint density at radius 3 is 0.886 bits per heavy atom. The van der Waals surface area contributed by atoms with Gasteiger partial charge in [0.1, 0.15) is 24.8 Å². The molecule has 0 aliphatic rings. The molecule has 0 amide bonds. The standard InChI is InChI=1S/C101H164N4/c1-6-10-14-18-22-26-30-32-34-36-38-39-41-45-49-53-69-81-95(100(5,93-77-65-59-66-78-93)89-91-73-61-57-62-74-91)97(99-103-84-88-105(99)86-72-56-52-48-44-29-25-21-17-13-9-4)101(94-79-67-60-68-80-94,90-92-75-63-58-64-76-92)96(82-70-54-50-46-42-40-37-35-33-31-27-23-19-15-11-7-2)98-102-83-87-104(98)85-71-55-51-47-43-28-24-20-16-12-8-3/h57-68,73-80,83-84,87-88,95-97H,6-56,69-72,81-82,85-86,89-90H2,1-5H3/p+2. The van der Waals surface area contributed by atoms with Crippen LogP contribution in [0.1, 0.15) is 446 Å².